The molecule has 0 aromatic heterocycles. The van der Waals surface area contributed by atoms with Gasteiger partial charge < -0.3 is 65.8 Å². The first-order valence-corrected chi connectivity index (χ1v) is 26.2. The fraction of sp³-hybridized carbons (Fsp3) is 0.861. The fourth-order valence-electron chi connectivity index (χ4n) is 2.81. The molecule has 0 aliphatic heterocycles. The zero-order chi connectivity index (χ0) is 50.5. The summed E-state index contributed by atoms with van der Waals surface area (Å²) in [5.41, 5.74) is -4.13. The number of hydrogen-bond acceptors (Lipinski definition) is 22. The molecule has 0 unspecified atom stereocenters. The third kappa shape index (κ3) is 34.0. The van der Waals surface area contributed by atoms with Gasteiger partial charge in [0.25, 0.3) is 0 Å². The molecule has 0 N–H and O–H groups in total. The molecular weight excluding hydrogens is 1090 g/mol. The zero-order valence-corrected chi connectivity index (χ0v) is 50.0. The summed E-state index contributed by atoms with van der Waals surface area (Å²) in [5, 5.41) is 0. The Labute approximate surface area is 429 Å². The number of hydrogen-bond donors (Lipinski definition) is 0. The number of halogens is 2. The third-order valence-electron chi connectivity index (χ3n) is 6.81. The average molecular weight is 1170 g/mol. The average Bonchev–Trinajstić information content (AvgIpc) is 3.13. The molecule has 0 fully saturated rings. The molecule has 0 spiro atoms. The van der Waals surface area contributed by atoms with Crippen LogP contribution in [-0.4, -0.2) is 103 Å². The van der Waals surface area contributed by atoms with Gasteiger partial charge >= 0.3 is 89.8 Å². The van der Waals surface area contributed by atoms with E-state index < -0.39 is 114 Å². The van der Waals surface area contributed by atoms with E-state index in [0.717, 1.165) is 0 Å². The van der Waals surface area contributed by atoms with Crippen LogP contribution in [0.2, 0.25) is 0 Å². The Morgan fingerprint density at radius 2 is 0.538 bits per heavy atom. The van der Waals surface area contributed by atoms with Crippen molar-refractivity contribution in [2.75, 3.05) is 73.5 Å². The molecule has 0 rings (SSSR count). The first-order chi connectivity index (χ1) is 28.1. The summed E-state index contributed by atoms with van der Waals surface area (Å²) in [6, 6.07) is -0.0594. The summed E-state index contributed by atoms with van der Waals surface area (Å²) < 4.78 is 114. The van der Waals surface area contributed by atoms with E-state index in [-0.39, 0.29) is 71.5 Å². The smallest absolute Gasteiger partial charge is 1.00 e. The molecule has 0 radical (unpaired) electrons. The van der Waals surface area contributed by atoms with Crippen molar-refractivity contribution in [3.8, 4) is 0 Å². The van der Waals surface area contributed by atoms with Gasteiger partial charge in [-0.25, -0.2) is 0 Å². The normalized spacial score (nSPS) is 12.6. The van der Waals surface area contributed by atoms with Gasteiger partial charge in [-0.2, -0.15) is 0 Å². The van der Waals surface area contributed by atoms with Crippen molar-refractivity contribution in [2.45, 2.75) is 104 Å². The Morgan fingerprint density at radius 3 is 0.677 bits per heavy atom. The van der Waals surface area contributed by atoms with Crippen molar-refractivity contribution in [3.05, 3.63) is 0 Å². The van der Waals surface area contributed by atoms with Crippen LogP contribution in [0.1, 0.15) is 104 Å². The Balaban J connectivity index is -0.000000408. The summed E-state index contributed by atoms with van der Waals surface area (Å²) in [6.07, 6.45) is 0. The summed E-state index contributed by atoms with van der Waals surface area (Å²) in [6.45, 7) is 20.7. The Hall–Kier alpha value is -0.0300. The van der Waals surface area contributed by atoms with Gasteiger partial charge in [0.05, 0.1) is 27.1 Å². The second kappa shape index (κ2) is 32.0. The third-order valence-corrected chi connectivity index (χ3v) is 16.7. The molecule has 29 heteroatoms. The fourth-order valence-corrected chi connectivity index (χ4v) is 10.8. The van der Waals surface area contributed by atoms with E-state index in [9.17, 15) is 42.2 Å². The second-order valence-corrected chi connectivity index (χ2v) is 27.8. The van der Waals surface area contributed by atoms with E-state index in [1.807, 2.05) is 0 Å². The van der Waals surface area contributed by atoms with Crippen molar-refractivity contribution in [1.82, 2.24) is 0 Å². The maximum atomic E-state index is 13.6. The predicted octanol–water partition coefficient (Wildman–Crippen LogP) is 3.28. The number of carbonyl (C=O) groups is 5. The number of alkyl halides is 1. The summed E-state index contributed by atoms with van der Waals surface area (Å²) >= 11 is 5.16. The van der Waals surface area contributed by atoms with Crippen molar-refractivity contribution in [1.29, 1.82) is 0 Å². The monoisotopic (exact) mass is 1160 g/mol. The van der Waals surface area contributed by atoms with Gasteiger partial charge in [-0.1, -0.05) is 11.6 Å². The summed E-state index contributed by atoms with van der Waals surface area (Å²) in [5.74, 6) is -4.61. The van der Waals surface area contributed by atoms with E-state index in [0.29, 0.717) is 0 Å². The van der Waals surface area contributed by atoms with Crippen LogP contribution >= 0.6 is 42.0 Å². The number of esters is 5. The minimum Gasteiger partial charge on any atom is -1.00 e. The van der Waals surface area contributed by atoms with Gasteiger partial charge in [-0.05, 0) is 104 Å². The van der Waals surface area contributed by atoms with Crippen molar-refractivity contribution in [3.63, 3.8) is 0 Å². The standard InChI is InChI=1S/C25H46O14P2.C6H11ClO2.C5H14O6P2.HI.Na/c1-22(2,3)18(26)32-13-36-40(30,37-14-33-19(27)23(4,5)6)17-41(31,38-15-34-20(28)24(7,8)9)39-16-35-21(29)25(10,11)12;1-6(2,3)5(8)9-4-7;1-8-12(6,9-2)5-13(7,10-3)11-4;;/h13-17H2,1-12H3;4H2,1-3H3;5H2,1-4H3;1H;/q;;;;+1/p-1. The van der Waals surface area contributed by atoms with Gasteiger partial charge in [-0.3, -0.25) is 60.3 Å². The van der Waals surface area contributed by atoms with Gasteiger partial charge in [0.1, 0.15) is 0 Å². The largest absolute Gasteiger partial charge is 1.00 e. The van der Waals surface area contributed by atoms with Gasteiger partial charge in [0.2, 0.25) is 27.2 Å². The maximum absolute atomic E-state index is 13.6. The van der Waals surface area contributed by atoms with Crippen LogP contribution in [-0.2, 0) is 102 Å². The first-order valence-electron chi connectivity index (χ1n) is 18.7. The molecule has 0 aromatic carbocycles. The molecule has 0 heterocycles. The molecule has 0 saturated carbocycles. The Bertz CT molecular complexity index is 1470. The molecule has 0 aliphatic carbocycles. The first kappa shape index (κ1) is 73.9. The molecular formula is C36H71ClINaO22P4. The molecule has 0 aromatic rings. The molecule has 0 bridgehead atoms. The SMILES string of the molecule is CC(C)(C)C(=O)OCCl.CC(C)(C)C(=O)OCOP(=O)(CP(=O)(OCOC(=O)C(C)(C)C)OCOC(=O)C(C)(C)C)OCOC(=O)C(C)(C)C.COP(=O)(CP(=O)(OC)OC)OC.[I-].[Na+]. The minimum atomic E-state index is -4.60. The maximum Gasteiger partial charge on any atom is 1.00 e. The summed E-state index contributed by atoms with van der Waals surface area (Å²) in [4.78, 5) is 59.2. The second-order valence-electron chi connectivity index (χ2n) is 18.0. The van der Waals surface area contributed by atoms with E-state index >= 15 is 0 Å². The van der Waals surface area contributed by atoms with E-state index in [2.05, 4.69) is 22.8 Å². The molecule has 0 saturated heterocycles. The number of rotatable bonds is 21. The van der Waals surface area contributed by atoms with E-state index in [1.165, 1.54) is 28.4 Å². The predicted molar refractivity (Wildman–Crippen MR) is 230 cm³/mol. The number of ether oxygens (including phenoxy) is 5. The topological polar surface area (TPSA) is 274 Å². The van der Waals surface area contributed by atoms with Gasteiger partial charge in [0, 0.05) is 28.4 Å². The van der Waals surface area contributed by atoms with Crippen LogP contribution in [0, 0.1) is 27.1 Å². The molecule has 382 valence electrons. The minimum absolute atomic E-state index is 0. The van der Waals surface area contributed by atoms with Gasteiger partial charge in [-0.15, -0.1) is 0 Å². The summed E-state index contributed by atoms with van der Waals surface area (Å²) in [7, 11) is -11.1. The van der Waals surface area contributed by atoms with Crippen LogP contribution in [0.4, 0.5) is 0 Å². The Morgan fingerprint density at radius 1 is 0.369 bits per heavy atom. The van der Waals surface area contributed by atoms with E-state index in [4.69, 9.17) is 48.6 Å². The van der Waals surface area contributed by atoms with Crippen LogP contribution in [0.3, 0.4) is 0 Å². The van der Waals surface area contributed by atoms with Crippen LogP contribution in [0.5, 0.6) is 0 Å². The quantitative estimate of drug-likeness (QED) is 0.0303. The van der Waals surface area contributed by atoms with Crippen LogP contribution in [0.15, 0.2) is 0 Å². The van der Waals surface area contributed by atoms with E-state index in [1.54, 1.807) is 104 Å². The van der Waals surface area contributed by atoms with Crippen molar-refractivity contribution in [2.24, 2.45) is 27.1 Å². The Kier molecular flexibility index (Phi) is 36.4. The van der Waals surface area contributed by atoms with Crippen molar-refractivity contribution >= 4 is 71.8 Å². The van der Waals surface area contributed by atoms with Crippen LogP contribution in [0.25, 0.3) is 0 Å². The molecule has 0 atom stereocenters. The van der Waals surface area contributed by atoms with Crippen LogP contribution < -0.4 is 53.5 Å². The molecule has 65 heavy (non-hydrogen) atoms. The molecule has 0 aliphatic rings. The van der Waals surface area contributed by atoms with Crippen molar-refractivity contribution < 1.29 is 156 Å². The molecule has 22 nitrogen and oxygen atoms in total. The number of carbonyl (C=O) groups excluding carboxylic acids is 5. The molecule has 0 amide bonds. The van der Waals surface area contributed by atoms with Gasteiger partial charge in [0.15, 0.2) is 17.9 Å². The zero-order valence-electron chi connectivity index (χ0n) is 41.5.